The number of ether oxygens (including phenoxy) is 2. The van der Waals surface area contributed by atoms with Crippen molar-refractivity contribution in [1.82, 2.24) is 19.9 Å². The molecule has 4 rings (SSSR count). The minimum absolute atomic E-state index is 0.0107. The molecular formula is C23H26N4O4. The number of H-pyrrole nitrogens is 1. The van der Waals surface area contributed by atoms with Crippen molar-refractivity contribution in [3.8, 4) is 28.8 Å². The van der Waals surface area contributed by atoms with E-state index in [9.17, 15) is 9.90 Å². The Balaban J connectivity index is 1.45. The van der Waals surface area contributed by atoms with Gasteiger partial charge in [0, 0.05) is 24.7 Å². The standard InChI is InChI=1S/C23H26N4O4/c1-30-19-11-15(12-20(31-2)22(19)29)14-27-9-6-16(7-10-27)18-13-21(28)26-23(25-18)17-5-3-4-8-24-17/h3-5,8,11-13,16,29H,6-7,9-10,14H2,1-2H3,(H,25,26,28). The van der Waals surface area contributed by atoms with Crippen LogP contribution in [0.5, 0.6) is 17.2 Å². The summed E-state index contributed by atoms with van der Waals surface area (Å²) >= 11 is 0. The van der Waals surface area contributed by atoms with E-state index in [1.54, 1.807) is 12.3 Å². The summed E-state index contributed by atoms with van der Waals surface area (Å²) in [5.41, 5.74) is 2.33. The summed E-state index contributed by atoms with van der Waals surface area (Å²) in [5, 5.41) is 10.1. The summed E-state index contributed by atoms with van der Waals surface area (Å²) in [7, 11) is 3.05. The number of pyridine rings is 1. The van der Waals surface area contributed by atoms with E-state index >= 15 is 0 Å². The van der Waals surface area contributed by atoms with E-state index in [-0.39, 0.29) is 17.2 Å². The Morgan fingerprint density at radius 3 is 2.45 bits per heavy atom. The number of aromatic hydroxyl groups is 1. The first-order chi connectivity index (χ1) is 15.1. The van der Waals surface area contributed by atoms with Gasteiger partial charge in [0.15, 0.2) is 17.3 Å². The average molecular weight is 422 g/mol. The lowest BCUT2D eigenvalue weighted by atomic mass is 9.93. The number of hydrogen-bond acceptors (Lipinski definition) is 7. The van der Waals surface area contributed by atoms with Gasteiger partial charge in [-0.05, 0) is 55.8 Å². The molecule has 0 spiro atoms. The molecule has 0 unspecified atom stereocenters. The maximum Gasteiger partial charge on any atom is 0.251 e. The second-order valence-electron chi connectivity index (χ2n) is 7.63. The predicted octanol–water partition coefficient (Wildman–Crippen LogP) is 2.93. The van der Waals surface area contributed by atoms with Gasteiger partial charge in [-0.2, -0.15) is 0 Å². The summed E-state index contributed by atoms with van der Waals surface area (Å²) < 4.78 is 10.5. The number of benzene rings is 1. The third kappa shape index (κ3) is 4.69. The quantitative estimate of drug-likeness (QED) is 0.630. The van der Waals surface area contributed by atoms with Crippen LogP contribution in [0.2, 0.25) is 0 Å². The van der Waals surface area contributed by atoms with Crippen molar-refractivity contribution in [1.29, 1.82) is 0 Å². The predicted molar refractivity (Wildman–Crippen MR) is 117 cm³/mol. The third-order valence-corrected chi connectivity index (χ3v) is 5.62. The van der Waals surface area contributed by atoms with Crippen LogP contribution in [0.25, 0.3) is 11.5 Å². The largest absolute Gasteiger partial charge is 0.502 e. The highest BCUT2D eigenvalue weighted by atomic mass is 16.5. The van der Waals surface area contributed by atoms with Gasteiger partial charge in [0.2, 0.25) is 5.75 Å². The number of piperidine rings is 1. The van der Waals surface area contributed by atoms with Gasteiger partial charge < -0.3 is 19.6 Å². The van der Waals surface area contributed by atoms with Crippen LogP contribution < -0.4 is 15.0 Å². The summed E-state index contributed by atoms with van der Waals surface area (Å²) in [6.45, 7) is 2.48. The fraction of sp³-hybridized carbons (Fsp3) is 0.348. The summed E-state index contributed by atoms with van der Waals surface area (Å²) in [5.74, 6) is 1.55. The third-order valence-electron chi connectivity index (χ3n) is 5.62. The molecule has 0 aliphatic carbocycles. The monoisotopic (exact) mass is 422 g/mol. The minimum Gasteiger partial charge on any atom is -0.502 e. The molecule has 1 aliphatic heterocycles. The van der Waals surface area contributed by atoms with Crippen LogP contribution >= 0.6 is 0 Å². The van der Waals surface area contributed by atoms with E-state index in [1.807, 2.05) is 30.3 Å². The zero-order valence-corrected chi connectivity index (χ0v) is 17.7. The van der Waals surface area contributed by atoms with E-state index in [4.69, 9.17) is 14.5 Å². The normalized spacial score (nSPS) is 15.0. The molecule has 8 heteroatoms. The Labute approximate surface area is 180 Å². The van der Waals surface area contributed by atoms with Crippen LogP contribution in [0.1, 0.15) is 30.0 Å². The van der Waals surface area contributed by atoms with Crippen LogP contribution in [-0.4, -0.2) is 52.3 Å². The lowest BCUT2D eigenvalue weighted by Gasteiger charge is -2.31. The molecule has 0 atom stereocenters. The number of aromatic amines is 1. The number of nitrogens with one attached hydrogen (secondary N) is 1. The van der Waals surface area contributed by atoms with E-state index in [0.717, 1.165) is 43.7 Å². The van der Waals surface area contributed by atoms with E-state index in [1.165, 1.54) is 14.2 Å². The van der Waals surface area contributed by atoms with Gasteiger partial charge in [-0.25, -0.2) is 4.98 Å². The van der Waals surface area contributed by atoms with Crippen molar-refractivity contribution < 1.29 is 14.6 Å². The smallest absolute Gasteiger partial charge is 0.251 e. The topological polar surface area (TPSA) is 101 Å². The molecule has 1 aliphatic rings. The van der Waals surface area contributed by atoms with Gasteiger partial charge in [0.05, 0.1) is 19.9 Å². The zero-order chi connectivity index (χ0) is 21.8. The molecule has 3 aromatic rings. The molecule has 162 valence electrons. The Morgan fingerprint density at radius 2 is 1.84 bits per heavy atom. The van der Waals surface area contributed by atoms with Gasteiger partial charge in [0.25, 0.3) is 5.56 Å². The van der Waals surface area contributed by atoms with Crippen LogP contribution in [0.3, 0.4) is 0 Å². The number of rotatable bonds is 6. The van der Waals surface area contributed by atoms with E-state index < -0.39 is 0 Å². The van der Waals surface area contributed by atoms with Crippen LogP contribution in [0, 0.1) is 0 Å². The molecule has 1 saturated heterocycles. The van der Waals surface area contributed by atoms with Gasteiger partial charge in [0.1, 0.15) is 5.69 Å². The maximum absolute atomic E-state index is 12.2. The van der Waals surface area contributed by atoms with Crippen LogP contribution in [-0.2, 0) is 6.54 Å². The molecule has 8 nitrogen and oxygen atoms in total. The molecule has 3 heterocycles. The summed E-state index contributed by atoms with van der Waals surface area (Å²) in [6, 6.07) is 10.8. The lowest BCUT2D eigenvalue weighted by molar-refractivity contribution is 0.202. The Morgan fingerprint density at radius 1 is 1.13 bits per heavy atom. The van der Waals surface area contributed by atoms with Crippen LogP contribution in [0.15, 0.2) is 47.4 Å². The SMILES string of the molecule is COc1cc(CN2CCC(c3cc(=O)[nH]c(-c4ccccn4)n3)CC2)cc(OC)c1O. The second kappa shape index (κ2) is 9.18. The molecule has 0 radical (unpaired) electrons. The van der Waals surface area contributed by atoms with Crippen molar-refractivity contribution in [3.63, 3.8) is 0 Å². The fourth-order valence-corrected chi connectivity index (χ4v) is 3.99. The van der Waals surface area contributed by atoms with Crippen molar-refractivity contribution in [2.75, 3.05) is 27.3 Å². The fourth-order valence-electron chi connectivity index (χ4n) is 3.99. The molecular weight excluding hydrogens is 396 g/mol. The highest BCUT2D eigenvalue weighted by molar-refractivity contribution is 5.52. The molecule has 0 amide bonds. The van der Waals surface area contributed by atoms with Crippen LogP contribution in [0.4, 0.5) is 0 Å². The highest BCUT2D eigenvalue weighted by Gasteiger charge is 2.23. The molecule has 1 fully saturated rings. The van der Waals surface area contributed by atoms with E-state index in [0.29, 0.717) is 23.0 Å². The molecule has 0 bridgehead atoms. The Hall–Kier alpha value is -3.39. The number of phenolic OH excluding ortho intramolecular Hbond substituents is 1. The summed E-state index contributed by atoms with van der Waals surface area (Å²) in [6.07, 6.45) is 3.50. The minimum atomic E-state index is -0.156. The molecule has 2 aromatic heterocycles. The molecule has 0 saturated carbocycles. The zero-order valence-electron chi connectivity index (χ0n) is 17.7. The van der Waals surface area contributed by atoms with Gasteiger partial charge >= 0.3 is 0 Å². The first kappa shape index (κ1) is 20.9. The van der Waals surface area contributed by atoms with E-state index in [2.05, 4.69) is 14.9 Å². The maximum atomic E-state index is 12.2. The van der Waals surface area contributed by atoms with Crippen molar-refractivity contribution in [2.24, 2.45) is 0 Å². The number of phenols is 1. The average Bonchev–Trinajstić information content (AvgIpc) is 2.80. The van der Waals surface area contributed by atoms with Gasteiger partial charge in [-0.3, -0.25) is 14.7 Å². The molecule has 31 heavy (non-hydrogen) atoms. The van der Waals surface area contributed by atoms with Gasteiger partial charge in [-0.15, -0.1) is 0 Å². The van der Waals surface area contributed by atoms with Crippen molar-refractivity contribution in [3.05, 3.63) is 64.2 Å². The number of nitrogens with zero attached hydrogens (tertiary/aromatic N) is 3. The first-order valence-electron chi connectivity index (χ1n) is 10.3. The van der Waals surface area contributed by atoms with Gasteiger partial charge in [-0.1, -0.05) is 6.07 Å². The highest BCUT2D eigenvalue weighted by Crippen LogP contribution is 2.38. The second-order valence-corrected chi connectivity index (χ2v) is 7.63. The molecule has 1 aromatic carbocycles. The Bertz CT molecular complexity index is 1070. The molecule has 2 N–H and O–H groups in total. The number of aromatic nitrogens is 3. The summed E-state index contributed by atoms with van der Waals surface area (Å²) in [4.78, 5) is 26.3. The number of hydrogen-bond donors (Lipinski definition) is 2. The Kier molecular flexibility index (Phi) is 6.18. The number of methoxy groups -OCH3 is 2. The van der Waals surface area contributed by atoms with Crippen molar-refractivity contribution >= 4 is 0 Å². The number of likely N-dealkylation sites (tertiary alicyclic amines) is 1. The van der Waals surface area contributed by atoms with Crippen molar-refractivity contribution in [2.45, 2.75) is 25.3 Å². The lowest BCUT2D eigenvalue weighted by Crippen LogP contribution is -2.33. The first-order valence-corrected chi connectivity index (χ1v) is 10.3.